The lowest BCUT2D eigenvalue weighted by Gasteiger charge is -2.16. The predicted octanol–water partition coefficient (Wildman–Crippen LogP) is 3.05. The Hall–Kier alpha value is -1.24. The van der Waals surface area contributed by atoms with Crippen LogP contribution in [0.3, 0.4) is 0 Å². The Morgan fingerprint density at radius 1 is 1.15 bits per heavy atom. The number of phenolic OH excluding ortho intramolecular Hbond substituents is 1. The van der Waals surface area contributed by atoms with E-state index in [4.69, 9.17) is 0 Å². The minimum atomic E-state index is 0.455. The van der Waals surface area contributed by atoms with Crippen LogP contribution in [0.5, 0.6) is 5.75 Å². The van der Waals surface area contributed by atoms with Crippen LogP contribution in [0, 0.1) is 6.92 Å². The third kappa shape index (κ3) is 1.35. The molecule has 1 nitrogen and oxygen atoms in total. The summed E-state index contributed by atoms with van der Waals surface area (Å²) in [6.07, 6.45) is 4.28. The number of hydrogen-bond donors (Lipinski definition) is 1. The summed E-state index contributed by atoms with van der Waals surface area (Å²) in [6.45, 7) is 4.05. The summed E-state index contributed by atoms with van der Waals surface area (Å²) in [5.74, 6) is 0.455. The maximum atomic E-state index is 9.82. The molecule has 1 aromatic rings. The SMILES string of the molecule is CC1=Cc2c(ccc(C)c2O)CC1. The molecule has 0 amide bonds. The molecule has 0 saturated heterocycles. The molecular weight excluding hydrogens is 160 g/mol. The third-order valence-electron chi connectivity index (χ3n) is 2.69. The molecule has 13 heavy (non-hydrogen) atoms. The fourth-order valence-electron chi connectivity index (χ4n) is 1.79. The Bertz CT molecular complexity index is 375. The summed E-state index contributed by atoms with van der Waals surface area (Å²) in [7, 11) is 0. The zero-order chi connectivity index (χ0) is 9.42. The first-order chi connectivity index (χ1) is 6.18. The van der Waals surface area contributed by atoms with Crippen molar-refractivity contribution < 1.29 is 5.11 Å². The molecule has 1 aliphatic rings. The van der Waals surface area contributed by atoms with Gasteiger partial charge in [0.2, 0.25) is 0 Å². The van der Waals surface area contributed by atoms with E-state index < -0.39 is 0 Å². The van der Waals surface area contributed by atoms with E-state index in [2.05, 4.69) is 19.1 Å². The average Bonchev–Trinajstić information content (AvgIpc) is 2.12. The zero-order valence-electron chi connectivity index (χ0n) is 8.09. The number of hydrogen-bond acceptors (Lipinski definition) is 1. The van der Waals surface area contributed by atoms with Gasteiger partial charge < -0.3 is 5.11 Å². The minimum Gasteiger partial charge on any atom is -0.507 e. The van der Waals surface area contributed by atoms with Crippen molar-refractivity contribution in [3.8, 4) is 5.75 Å². The van der Waals surface area contributed by atoms with Gasteiger partial charge in [-0.3, -0.25) is 0 Å². The second kappa shape index (κ2) is 2.91. The maximum Gasteiger partial charge on any atom is 0.125 e. The largest absolute Gasteiger partial charge is 0.507 e. The van der Waals surface area contributed by atoms with E-state index in [-0.39, 0.29) is 0 Å². The molecule has 1 aliphatic carbocycles. The molecule has 0 atom stereocenters. The first-order valence-electron chi connectivity index (χ1n) is 4.67. The summed E-state index contributed by atoms with van der Waals surface area (Å²) < 4.78 is 0. The Morgan fingerprint density at radius 2 is 1.92 bits per heavy atom. The van der Waals surface area contributed by atoms with Gasteiger partial charge in [-0.15, -0.1) is 0 Å². The van der Waals surface area contributed by atoms with Crippen LogP contribution in [0.1, 0.15) is 30.0 Å². The number of phenols is 1. The Kier molecular flexibility index (Phi) is 1.87. The monoisotopic (exact) mass is 174 g/mol. The highest BCUT2D eigenvalue weighted by atomic mass is 16.3. The van der Waals surface area contributed by atoms with Gasteiger partial charge in [-0.25, -0.2) is 0 Å². The number of fused-ring (bicyclic) bond motifs is 1. The number of allylic oxidation sites excluding steroid dienone is 1. The van der Waals surface area contributed by atoms with E-state index in [1.807, 2.05) is 13.0 Å². The Labute approximate surface area is 78.7 Å². The molecule has 0 aliphatic heterocycles. The summed E-state index contributed by atoms with van der Waals surface area (Å²) in [6, 6.07) is 4.11. The smallest absolute Gasteiger partial charge is 0.125 e. The molecule has 1 heteroatoms. The van der Waals surface area contributed by atoms with Gasteiger partial charge in [-0.05, 0) is 37.8 Å². The number of aromatic hydroxyl groups is 1. The van der Waals surface area contributed by atoms with E-state index >= 15 is 0 Å². The lowest BCUT2D eigenvalue weighted by atomic mass is 9.91. The molecule has 1 N–H and O–H groups in total. The van der Waals surface area contributed by atoms with Crippen molar-refractivity contribution in [3.05, 3.63) is 34.4 Å². The molecule has 0 aromatic heterocycles. The molecule has 1 aromatic carbocycles. The molecule has 0 saturated carbocycles. The highest BCUT2D eigenvalue weighted by Gasteiger charge is 2.12. The van der Waals surface area contributed by atoms with Gasteiger partial charge in [0.15, 0.2) is 0 Å². The number of rotatable bonds is 0. The third-order valence-corrected chi connectivity index (χ3v) is 2.69. The average molecular weight is 174 g/mol. The maximum absolute atomic E-state index is 9.82. The first-order valence-corrected chi connectivity index (χ1v) is 4.67. The molecule has 2 rings (SSSR count). The van der Waals surface area contributed by atoms with Gasteiger partial charge in [0.1, 0.15) is 5.75 Å². The summed E-state index contributed by atoms with van der Waals surface area (Å²) in [5.41, 5.74) is 4.62. The van der Waals surface area contributed by atoms with Crippen molar-refractivity contribution in [2.75, 3.05) is 0 Å². The molecule has 0 unspecified atom stereocenters. The van der Waals surface area contributed by atoms with Crippen LogP contribution >= 0.6 is 0 Å². The van der Waals surface area contributed by atoms with E-state index in [0.29, 0.717) is 5.75 Å². The molecule has 0 radical (unpaired) electrons. The normalized spacial score (nSPS) is 15.1. The quantitative estimate of drug-likeness (QED) is 0.641. The highest BCUT2D eigenvalue weighted by molar-refractivity contribution is 5.66. The van der Waals surface area contributed by atoms with E-state index in [1.54, 1.807) is 0 Å². The van der Waals surface area contributed by atoms with Crippen molar-refractivity contribution in [3.63, 3.8) is 0 Å². The van der Waals surface area contributed by atoms with Gasteiger partial charge in [0.25, 0.3) is 0 Å². The standard InChI is InChI=1S/C12H14O/c1-8-3-5-10-6-4-9(2)12(13)11(10)7-8/h4,6-7,13H,3,5H2,1-2H3. The van der Waals surface area contributed by atoms with E-state index in [9.17, 15) is 5.11 Å². The van der Waals surface area contributed by atoms with Gasteiger partial charge >= 0.3 is 0 Å². The Morgan fingerprint density at radius 3 is 2.69 bits per heavy atom. The van der Waals surface area contributed by atoms with Gasteiger partial charge in [0.05, 0.1) is 0 Å². The van der Waals surface area contributed by atoms with Crippen LogP contribution in [-0.2, 0) is 6.42 Å². The van der Waals surface area contributed by atoms with Crippen LogP contribution in [0.15, 0.2) is 17.7 Å². The van der Waals surface area contributed by atoms with Gasteiger partial charge in [0, 0.05) is 5.56 Å². The summed E-state index contributed by atoms with van der Waals surface area (Å²) >= 11 is 0. The topological polar surface area (TPSA) is 20.2 Å². The van der Waals surface area contributed by atoms with Crippen LogP contribution < -0.4 is 0 Å². The Balaban J connectivity index is 2.63. The second-order valence-corrected chi connectivity index (χ2v) is 3.79. The van der Waals surface area contributed by atoms with Crippen LogP contribution in [0.2, 0.25) is 0 Å². The molecule has 0 spiro atoms. The lowest BCUT2D eigenvalue weighted by Crippen LogP contribution is -1.98. The second-order valence-electron chi connectivity index (χ2n) is 3.79. The fourth-order valence-corrected chi connectivity index (χ4v) is 1.79. The van der Waals surface area contributed by atoms with Gasteiger partial charge in [-0.1, -0.05) is 23.8 Å². The number of benzene rings is 1. The lowest BCUT2D eigenvalue weighted by molar-refractivity contribution is 0.468. The minimum absolute atomic E-state index is 0.455. The molecule has 0 fully saturated rings. The highest BCUT2D eigenvalue weighted by Crippen LogP contribution is 2.32. The van der Waals surface area contributed by atoms with Crippen molar-refractivity contribution in [1.29, 1.82) is 0 Å². The molecule has 0 heterocycles. The van der Waals surface area contributed by atoms with Crippen LogP contribution in [0.25, 0.3) is 6.08 Å². The number of aryl methyl sites for hydroxylation is 2. The van der Waals surface area contributed by atoms with Crippen molar-refractivity contribution in [2.24, 2.45) is 0 Å². The summed E-state index contributed by atoms with van der Waals surface area (Å²) in [5, 5.41) is 9.82. The zero-order valence-corrected chi connectivity index (χ0v) is 8.09. The summed E-state index contributed by atoms with van der Waals surface area (Å²) in [4.78, 5) is 0. The van der Waals surface area contributed by atoms with Crippen molar-refractivity contribution in [2.45, 2.75) is 26.7 Å². The predicted molar refractivity (Wildman–Crippen MR) is 54.8 cm³/mol. The first kappa shape index (κ1) is 8.36. The molecular formula is C12H14O. The fraction of sp³-hybridized carbons (Fsp3) is 0.333. The van der Waals surface area contributed by atoms with Crippen molar-refractivity contribution in [1.82, 2.24) is 0 Å². The van der Waals surface area contributed by atoms with Crippen LogP contribution in [-0.4, -0.2) is 5.11 Å². The van der Waals surface area contributed by atoms with Crippen molar-refractivity contribution >= 4 is 6.08 Å². The van der Waals surface area contributed by atoms with Crippen LogP contribution in [0.4, 0.5) is 0 Å². The van der Waals surface area contributed by atoms with E-state index in [1.165, 1.54) is 11.1 Å². The molecule has 68 valence electrons. The van der Waals surface area contributed by atoms with E-state index in [0.717, 1.165) is 24.0 Å². The molecule has 0 bridgehead atoms. The van der Waals surface area contributed by atoms with Gasteiger partial charge in [-0.2, -0.15) is 0 Å².